The van der Waals surface area contributed by atoms with Gasteiger partial charge in [-0.05, 0) is 45.2 Å². The summed E-state index contributed by atoms with van der Waals surface area (Å²) in [7, 11) is 1.40. The van der Waals surface area contributed by atoms with E-state index in [1.807, 2.05) is 20.8 Å². The largest absolute Gasteiger partial charge is 0.490 e. The van der Waals surface area contributed by atoms with Gasteiger partial charge in [-0.3, -0.25) is 10.1 Å². The third kappa shape index (κ3) is 6.39. The molecule has 1 N–H and O–H groups in total. The second kappa shape index (κ2) is 9.03. The molecular weight excluding hydrogens is 352 g/mol. The standard InChI is InChI=1S/C19H28N2O6/c1-19(2,3)27-18(22)20-14-7-5-6-8-16(14)26-12-13-9-10-17(25-4)15(11-13)21(23)24/h9-11,14,16H,5-8,12H2,1-4H3,(H,20,22)/t14-,16-/m1/s1. The number of nitrogens with zero attached hydrogens (tertiary/aromatic N) is 1. The van der Waals surface area contributed by atoms with E-state index >= 15 is 0 Å². The minimum absolute atomic E-state index is 0.0920. The maximum absolute atomic E-state index is 12.1. The Morgan fingerprint density at radius 2 is 2.00 bits per heavy atom. The SMILES string of the molecule is COc1ccc(CO[C@@H]2CCCC[C@H]2NC(=O)OC(C)(C)C)cc1[N+](=O)[O-]. The Labute approximate surface area is 159 Å². The molecule has 0 aromatic heterocycles. The molecule has 2 rings (SSSR count). The molecule has 1 amide bonds. The lowest BCUT2D eigenvalue weighted by Crippen LogP contribution is -2.47. The predicted octanol–water partition coefficient (Wildman–Crippen LogP) is 3.96. The number of nitrogens with one attached hydrogen (secondary N) is 1. The first-order valence-corrected chi connectivity index (χ1v) is 9.12. The summed E-state index contributed by atoms with van der Waals surface area (Å²) in [5.41, 5.74) is 0.0340. The highest BCUT2D eigenvalue weighted by Crippen LogP contribution is 2.29. The van der Waals surface area contributed by atoms with Crippen LogP contribution in [0.25, 0.3) is 0 Å². The van der Waals surface area contributed by atoms with Gasteiger partial charge in [0.15, 0.2) is 5.75 Å². The predicted molar refractivity (Wildman–Crippen MR) is 99.9 cm³/mol. The van der Waals surface area contributed by atoms with Gasteiger partial charge in [0.25, 0.3) is 0 Å². The van der Waals surface area contributed by atoms with Gasteiger partial charge in [0, 0.05) is 6.07 Å². The number of carbonyl (C=O) groups is 1. The Balaban J connectivity index is 1.99. The Bertz CT molecular complexity index is 671. The van der Waals surface area contributed by atoms with Gasteiger partial charge in [-0.1, -0.05) is 18.9 Å². The van der Waals surface area contributed by atoms with Crippen LogP contribution in [-0.2, 0) is 16.1 Å². The highest BCUT2D eigenvalue weighted by Gasteiger charge is 2.29. The van der Waals surface area contributed by atoms with Gasteiger partial charge in [-0.2, -0.15) is 0 Å². The van der Waals surface area contributed by atoms with Crippen LogP contribution < -0.4 is 10.1 Å². The molecule has 0 saturated heterocycles. The highest BCUT2D eigenvalue weighted by molar-refractivity contribution is 5.68. The number of nitro groups is 1. The number of hydrogen-bond acceptors (Lipinski definition) is 6. The van der Waals surface area contributed by atoms with Crippen LogP contribution in [0.5, 0.6) is 5.75 Å². The molecule has 0 heterocycles. The molecule has 0 spiro atoms. The van der Waals surface area contributed by atoms with E-state index in [0.29, 0.717) is 5.56 Å². The Kier molecular flexibility index (Phi) is 7.01. The minimum Gasteiger partial charge on any atom is -0.490 e. The topological polar surface area (TPSA) is 99.9 Å². The van der Waals surface area contributed by atoms with Crippen LogP contribution in [0, 0.1) is 10.1 Å². The van der Waals surface area contributed by atoms with Crippen molar-refractivity contribution >= 4 is 11.8 Å². The quantitative estimate of drug-likeness (QED) is 0.592. The molecule has 27 heavy (non-hydrogen) atoms. The molecule has 1 aliphatic carbocycles. The first-order chi connectivity index (χ1) is 12.7. The molecule has 1 aromatic carbocycles. The van der Waals surface area contributed by atoms with Crippen molar-refractivity contribution < 1.29 is 23.9 Å². The maximum Gasteiger partial charge on any atom is 0.407 e. The molecule has 1 saturated carbocycles. The average Bonchev–Trinajstić information content (AvgIpc) is 2.59. The number of methoxy groups -OCH3 is 1. The molecule has 1 fully saturated rings. The number of alkyl carbamates (subject to hydrolysis) is 1. The first kappa shape index (κ1) is 21.0. The lowest BCUT2D eigenvalue weighted by molar-refractivity contribution is -0.385. The lowest BCUT2D eigenvalue weighted by atomic mass is 9.92. The molecule has 0 radical (unpaired) electrons. The monoisotopic (exact) mass is 380 g/mol. The molecule has 0 unspecified atom stereocenters. The minimum atomic E-state index is -0.558. The van der Waals surface area contributed by atoms with Crippen molar-refractivity contribution in [3.05, 3.63) is 33.9 Å². The molecule has 0 bridgehead atoms. The zero-order valence-electron chi connectivity index (χ0n) is 16.3. The highest BCUT2D eigenvalue weighted by atomic mass is 16.6. The summed E-state index contributed by atoms with van der Waals surface area (Å²) in [6.45, 7) is 5.68. The second-order valence-electron chi connectivity index (χ2n) is 7.65. The molecule has 0 aliphatic heterocycles. The lowest BCUT2D eigenvalue weighted by Gasteiger charge is -2.32. The van der Waals surface area contributed by atoms with Crippen molar-refractivity contribution in [2.45, 2.75) is 70.8 Å². The van der Waals surface area contributed by atoms with Crippen molar-refractivity contribution in [2.24, 2.45) is 0 Å². The van der Waals surface area contributed by atoms with E-state index in [0.717, 1.165) is 25.7 Å². The summed E-state index contributed by atoms with van der Waals surface area (Å²) >= 11 is 0. The summed E-state index contributed by atoms with van der Waals surface area (Å²) < 4.78 is 16.3. The van der Waals surface area contributed by atoms with Crippen LogP contribution in [0.4, 0.5) is 10.5 Å². The van der Waals surface area contributed by atoms with Crippen molar-refractivity contribution in [1.29, 1.82) is 0 Å². The zero-order valence-corrected chi connectivity index (χ0v) is 16.3. The van der Waals surface area contributed by atoms with Gasteiger partial charge in [-0.15, -0.1) is 0 Å². The normalized spacial score (nSPS) is 20.0. The second-order valence-corrected chi connectivity index (χ2v) is 7.65. The summed E-state index contributed by atoms with van der Waals surface area (Å²) in [5, 5.41) is 14.0. The third-order valence-electron chi connectivity index (χ3n) is 4.31. The van der Waals surface area contributed by atoms with Gasteiger partial charge >= 0.3 is 11.8 Å². The van der Waals surface area contributed by atoms with E-state index in [4.69, 9.17) is 14.2 Å². The summed E-state index contributed by atoms with van der Waals surface area (Å²) in [6, 6.07) is 4.62. The van der Waals surface area contributed by atoms with Crippen LogP contribution in [0.2, 0.25) is 0 Å². The number of ether oxygens (including phenoxy) is 3. The fraction of sp³-hybridized carbons (Fsp3) is 0.632. The molecular formula is C19H28N2O6. The van der Waals surface area contributed by atoms with Crippen molar-refractivity contribution in [3.63, 3.8) is 0 Å². The van der Waals surface area contributed by atoms with E-state index in [1.54, 1.807) is 12.1 Å². The first-order valence-electron chi connectivity index (χ1n) is 9.12. The van der Waals surface area contributed by atoms with E-state index in [2.05, 4.69) is 5.32 Å². The van der Waals surface area contributed by atoms with E-state index in [1.165, 1.54) is 13.2 Å². The number of benzene rings is 1. The Morgan fingerprint density at radius 3 is 2.63 bits per heavy atom. The van der Waals surface area contributed by atoms with Gasteiger partial charge in [0.05, 0.1) is 30.8 Å². The number of amides is 1. The van der Waals surface area contributed by atoms with E-state index < -0.39 is 16.6 Å². The van der Waals surface area contributed by atoms with Gasteiger partial charge in [0.1, 0.15) is 5.60 Å². The number of carbonyl (C=O) groups excluding carboxylic acids is 1. The molecule has 8 nitrogen and oxygen atoms in total. The number of rotatable bonds is 6. The van der Waals surface area contributed by atoms with Gasteiger partial charge in [0.2, 0.25) is 0 Å². The van der Waals surface area contributed by atoms with Crippen LogP contribution in [0.1, 0.15) is 52.0 Å². The summed E-state index contributed by atoms with van der Waals surface area (Å²) in [6.07, 6.45) is 3.04. The summed E-state index contributed by atoms with van der Waals surface area (Å²) in [4.78, 5) is 22.7. The molecule has 2 atom stereocenters. The smallest absolute Gasteiger partial charge is 0.407 e. The summed E-state index contributed by atoms with van der Waals surface area (Å²) in [5.74, 6) is 0.214. The fourth-order valence-electron chi connectivity index (χ4n) is 3.09. The number of nitro benzene ring substituents is 1. The van der Waals surface area contributed by atoms with E-state index in [9.17, 15) is 14.9 Å². The van der Waals surface area contributed by atoms with Crippen molar-refractivity contribution in [3.8, 4) is 5.75 Å². The van der Waals surface area contributed by atoms with Crippen molar-refractivity contribution in [2.75, 3.05) is 7.11 Å². The molecule has 150 valence electrons. The number of hydrogen-bond donors (Lipinski definition) is 1. The molecule has 8 heteroatoms. The van der Waals surface area contributed by atoms with Crippen LogP contribution in [-0.4, -0.2) is 35.9 Å². The zero-order chi connectivity index (χ0) is 20.0. The van der Waals surface area contributed by atoms with Crippen molar-refractivity contribution in [1.82, 2.24) is 5.32 Å². The molecule has 1 aliphatic rings. The molecule has 1 aromatic rings. The van der Waals surface area contributed by atoms with Gasteiger partial charge < -0.3 is 19.5 Å². The fourth-order valence-corrected chi connectivity index (χ4v) is 3.09. The van der Waals surface area contributed by atoms with E-state index in [-0.39, 0.29) is 30.2 Å². The maximum atomic E-state index is 12.1. The van der Waals surface area contributed by atoms with Crippen LogP contribution in [0.15, 0.2) is 18.2 Å². The Hall–Kier alpha value is -2.35. The Morgan fingerprint density at radius 1 is 1.30 bits per heavy atom. The van der Waals surface area contributed by atoms with Crippen LogP contribution >= 0.6 is 0 Å². The van der Waals surface area contributed by atoms with Gasteiger partial charge in [-0.25, -0.2) is 4.79 Å². The average molecular weight is 380 g/mol. The van der Waals surface area contributed by atoms with Crippen LogP contribution in [0.3, 0.4) is 0 Å². The third-order valence-corrected chi connectivity index (χ3v) is 4.31.